The average Bonchev–Trinajstić information content (AvgIpc) is 3.56. The Balaban J connectivity index is 1.48. The number of nitrogens with one attached hydrogen (secondary N) is 3. The van der Waals surface area contributed by atoms with Gasteiger partial charge in [-0.1, -0.05) is 11.2 Å². The Hall–Kier alpha value is -5.16. The molecule has 4 N–H and O–H groups in total. The van der Waals surface area contributed by atoms with E-state index in [0.29, 0.717) is 34.9 Å². The van der Waals surface area contributed by atoms with Crippen LogP contribution in [0.5, 0.6) is 0 Å². The molecular weight excluding hydrogens is 641 g/mol. The van der Waals surface area contributed by atoms with E-state index in [1.54, 1.807) is 23.6 Å². The first kappa shape index (κ1) is 31.8. The molecule has 47 heavy (non-hydrogen) atoms. The molecule has 1 saturated carbocycles. The van der Waals surface area contributed by atoms with Gasteiger partial charge in [-0.3, -0.25) is 14.9 Å². The Kier molecular flexibility index (Phi) is 8.74. The van der Waals surface area contributed by atoms with E-state index < -0.39 is 29.2 Å². The van der Waals surface area contributed by atoms with Gasteiger partial charge in [0.25, 0.3) is 5.91 Å². The quantitative estimate of drug-likeness (QED) is 0.168. The number of carbonyl (C=O) groups excluding carboxylic acids is 2. The molecule has 13 nitrogen and oxygen atoms in total. The topological polar surface area (TPSA) is 177 Å². The first-order valence-corrected chi connectivity index (χ1v) is 15.4. The summed E-state index contributed by atoms with van der Waals surface area (Å²) in [5.41, 5.74) is -0.535. The Morgan fingerprint density at radius 1 is 1.15 bits per heavy atom. The lowest BCUT2D eigenvalue weighted by Crippen LogP contribution is -2.31. The van der Waals surface area contributed by atoms with E-state index in [0.717, 1.165) is 29.6 Å². The van der Waals surface area contributed by atoms with Crippen LogP contribution >= 0.6 is 11.3 Å². The van der Waals surface area contributed by atoms with Crippen LogP contribution in [0, 0.1) is 0 Å². The summed E-state index contributed by atoms with van der Waals surface area (Å²) in [5.74, 6) is 0.445. The first-order valence-electron chi connectivity index (χ1n) is 14.5. The number of fused-ring (bicyclic) bond motifs is 1. The predicted octanol–water partition coefficient (Wildman–Crippen LogP) is 4.38. The summed E-state index contributed by atoms with van der Waals surface area (Å²) in [6.45, 7) is 1.71. The fourth-order valence-electron chi connectivity index (χ4n) is 4.88. The van der Waals surface area contributed by atoms with Crippen molar-refractivity contribution in [3.05, 3.63) is 75.2 Å². The van der Waals surface area contributed by atoms with Crippen LogP contribution in [-0.2, 0) is 12.7 Å². The molecule has 0 bridgehead atoms. The normalized spacial score (nSPS) is 13.1. The first-order chi connectivity index (χ1) is 22.5. The molecule has 1 aliphatic rings. The van der Waals surface area contributed by atoms with Crippen LogP contribution < -0.4 is 21.4 Å². The van der Waals surface area contributed by atoms with Crippen LogP contribution in [0.3, 0.4) is 0 Å². The molecule has 1 aromatic carbocycles. The highest BCUT2D eigenvalue weighted by atomic mass is 32.1. The summed E-state index contributed by atoms with van der Waals surface area (Å²) in [6, 6.07) is 5.65. The number of alkyl halides is 3. The summed E-state index contributed by atoms with van der Waals surface area (Å²) < 4.78 is 47.5. The molecule has 5 aromatic rings. The second-order valence-corrected chi connectivity index (χ2v) is 11.5. The molecule has 6 rings (SSSR count). The zero-order valence-corrected chi connectivity index (χ0v) is 25.5. The number of nitrogens with zero attached hydrogens (tertiary/aromatic N) is 5. The van der Waals surface area contributed by atoms with E-state index >= 15 is 0 Å². The number of hydrogen-bond donors (Lipinski definition) is 4. The van der Waals surface area contributed by atoms with Gasteiger partial charge in [-0.05, 0) is 43.5 Å². The summed E-state index contributed by atoms with van der Waals surface area (Å²) in [4.78, 5) is 51.4. The number of aliphatic hydroxyl groups is 1. The van der Waals surface area contributed by atoms with Crippen molar-refractivity contribution >= 4 is 40.0 Å². The van der Waals surface area contributed by atoms with E-state index in [1.165, 1.54) is 24.5 Å². The van der Waals surface area contributed by atoms with Crippen molar-refractivity contribution in [2.75, 3.05) is 25.0 Å². The third kappa shape index (κ3) is 6.85. The lowest BCUT2D eigenvalue weighted by atomic mass is 9.99. The molecule has 3 amide bonds. The molecule has 0 saturated heterocycles. The highest BCUT2D eigenvalue weighted by Gasteiger charge is 2.34. The third-order valence-electron chi connectivity index (χ3n) is 7.26. The minimum Gasteiger partial charge on any atom is -0.395 e. The summed E-state index contributed by atoms with van der Waals surface area (Å²) in [7, 11) is 0. The molecule has 4 aromatic heterocycles. The number of aliphatic hydroxyl groups excluding tert-OH is 1. The van der Waals surface area contributed by atoms with Gasteiger partial charge in [0.05, 0.1) is 18.7 Å². The number of thiazole rings is 1. The minimum absolute atomic E-state index is 0.00638. The molecule has 244 valence electrons. The van der Waals surface area contributed by atoms with Gasteiger partial charge >= 0.3 is 12.2 Å². The number of rotatable bonds is 10. The van der Waals surface area contributed by atoms with Crippen molar-refractivity contribution < 1.29 is 32.4 Å². The van der Waals surface area contributed by atoms with Crippen molar-refractivity contribution in [3.63, 3.8) is 0 Å². The highest BCUT2D eigenvalue weighted by Crippen LogP contribution is 2.40. The average molecular weight is 669 g/mol. The molecule has 1 fully saturated rings. The van der Waals surface area contributed by atoms with Gasteiger partial charge in [0.15, 0.2) is 11.5 Å². The Labute approximate surface area is 267 Å². The number of amides is 3. The van der Waals surface area contributed by atoms with Crippen molar-refractivity contribution in [1.29, 1.82) is 0 Å². The molecule has 0 radical (unpaired) electrons. The maximum Gasteiger partial charge on any atom is 0.434 e. The van der Waals surface area contributed by atoms with Crippen molar-refractivity contribution in [1.82, 2.24) is 35.3 Å². The van der Waals surface area contributed by atoms with Crippen LogP contribution in [0.15, 0.2) is 51.4 Å². The smallest absolute Gasteiger partial charge is 0.395 e. The summed E-state index contributed by atoms with van der Waals surface area (Å²) >= 11 is 0.760. The largest absolute Gasteiger partial charge is 0.434 e. The van der Waals surface area contributed by atoms with Gasteiger partial charge in [-0.15, -0.1) is 11.3 Å². The number of halogens is 3. The highest BCUT2D eigenvalue weighted by molar-refractivity contribution is 7.13. The molecule has 0 atom stereocenters. The van der Waals surface area contributed by atoms with E-state index in [2.05, 4.69) is 36.1 Å². The van der Waals surface area contributed by atoms with Crippen LogP contribution in [-0.4, -0.2) is 61.4 Å². The number of hydrogen-bond acceptors (Lipinski definition) is 10. The summed E-state index contributed by atoms with van der Waals surface area (Å²) in [6.07, 6.45) is -0.0179. The van der Waals surface area contributed by atoms with E-state index in [-0.39, 0.29) is 53.0 Å². The van der Waals surface area contributed by atoms with Crippen LogP contribution in [0.2, 0.25) is 0 Å². The van der Waals surface area contributed by atoms with E-state index in [9.17, 15) is 32.7 Å². The second kappa shape index (κ2) is 12.9. The lowest BCUT2D eigenvalue weighted by Gasteiger charge is -2.15. The van der Waals surface area contributed by atoms with E-state index in [1.807, 2.05) is 0 Å². The van der Waals surface area contributed by atoms with Crippen LogP contribution in [0.25, 0.3) is 32.6 Å². The Morgan fingerprint density at radius 3 is 2.66 bits per heavy atom. The standard InChI is InChI=1S/C30H27F3N8O5S/c1-2-34-29(45)39-23-10-17(28-37-22(14-47-28)30(31,32)33)19(11-36-23)16-5-6-21-18(9-16)25(43)20(26(44)35-7-8-42)12-41(21)13-24-38-27(46-40-24)15-3-4-15/h5-6,9-12,14-15,42H,2-4,7-8,13H2,1H3,(H,35,44)(H2,34,36,39,45). The van der Waals surface area contributed by atoms with Crippen LogP contribution in [0.1, 0.15) is 53.5 Å². The predicted molar refractivity (Wildman–Crippen MR) is 165 cm³/mol. The van der Waals surface area contributed by atoms with Gasteiger partial charge in [-0.25, -0.2) is 14.8 Å². The third-order valence-corrected chi connectivity index (χ3v) is 8.14. The zero-order chi connectivity index (χ0) is 33.3. The Morgan fingerprint density at radius 2 is 1.96 bits per heavy atom. The molecular formula is C30H27F3N8O5S. The number of pyridine rings is 2. The van der Waals surface area contributed by atoms with Crippen molar-refractivity contribution in [3.8, 4) is 21.7 Å². The van der Waals surface area contributed by atoms with Crippen LogP contribution in [0.4, 0.5) is 23.8 Å². The van der Waals surface area contributed by atoms with E-state index in [4.69, 9.17) is 4.52 Å². The second-order valence-electron chi connectivity index (χ2n) is 10.7. The maximum atomic E-state index is 13.7. The zero-order valence-electron chi connectivity index (χ0n) is 24.7. The van der Waals surface area contributed by atoms with Gasteiger partial charge in [0.2, 0.25) is 11.3 Å². The number of aromatic nitrogens is 5. The maximum absolute atomic E-state index is 13.7. The minimum atomic E-state index is -4.68. The number of urea groups is 1. The number of carbonyl (C=O) groups is 2. The number of benzene rings is 1. The number of anilines is 1. The SMILES string of the molecule is CCNC(=O)Nc1cc(-c2nc(C(F)(F)F)cs2)c(-c2ccc3c(c2)c(=O)c(C(=O)NCCO)cn3Cc2noc(C3CC3)n2)cn1. The lowest BCUT2D eigenvalue weighted by molar-refractivity contribution is -0.140. The fraction of sp³-hybridized carbons (Fsp3) is 0.300. The molecule has 1 aliphatic carbocycles. The van der Waals surface area contributed by atoms with Crippen molar-refractivity contribution in [2.45, 2.75) is 38.4 Å². The van der Waals surface area contributed by atoms with Gasteiger partial charge in [-0.2, -0.15) is 18.2 Å². The molecule has 4 heterocycles. The van der Waals surface area contributed by atoms with Crippen molar-refractivity contribution in [2.24, 2.45) is 0 Å². The Bertz CT molecular complexity index is 2040. The molecule has 17 heteroatoms. The van der Waals surface area contributed by atoms with Gasteiger partial charge in [0, 0.05) is 53.3 Å². The molecule has 0 aliphatic heterocycles. The monoisotopic (exact) mass is 668 g/mol. The van der Waals surface area contributed by atoms with Gasteiger partial charge < -0.3 is 24.8 Å². The molecule has 0 spiro atoms. The summed E-state index contributed by atoms with van der Waals surface area (Å²) in [5, 5.41) is 21.9. The van der Waals surface area contributed by atoms with Gasteiger partial charge in [0.1, 0.15) is 16.4 Å². The molecule has 0 unspecified atom stereocenters. The fourth-order valence-corrected chi connectivity index (χ4v) is 5.74.